The van der Waals surface area contributed by atoms with Crippen LogP contribution in [0.3, 0.4) is 0 Å². The third-order valence-electron chi connectivity index (χ3n) is 2.76. The van der Waals surface area contributed by atoms with E-state index in [1.54, 1.807) is 12.1 Å². The van der Waals surface area contributed by atoms with Crippen molar-refractivity contribution in [3.05, 3.63) is 51.2 Å². The Balaban J connectivity index is 2.18. The average molecular weight is 395 g/mol. The van der Waals surface area contributed by atoms with Gasteiger partial charge in [0.2, 0.25) is 5.91 Å². The maximum Gasteiger partial charge on any atom is 0.255 e. The van der Waals surface area contributed by atoms with Gasteiger partial charge in [-0.25, -0.2) is 4.98 Å². The summed E-state index contributed by atoms with van der Waals surface area (Å²) >= 11 is 2.22. The fourth-order valence-corrected chi connectivity index (χ4v) is 2.43. The molecule has 2 aromatic rings. The fourth-order valence-electron chi connectivity index (χ4n) is 1.78. The number of aromatic nitrogens is 1. The number of carbonyl (C=O) groups is 2. The summed E-state index contributed by atoms with van der Waals surface area (Å²) in [5.41, 5.74) is 2.19. The molecule has 0 atom stereocenters. The van der Waals surface area contributed by atoms with Crippen LogP contribution in [0, 0.1) is 10.5 Å². The molecule has 1 aromatic carbocycles. The second-order valence-corrected chi connectivity index (χ2v) is 5.77. The predicted octanol–water partition coefficient (Wildman–Crippen LogP) is 3.21. The number of nitrogens with one attached hydrogen (secondary N) is 2. The lowest BCUT2D eigenvalue weighted by Gasteiger charge is -2.09. The molecule has 0 radical (unpaired) electrons. The highest BCUT2D eigenvalue weighted by molar-refractivity contribution is 14.1. The summed E-state index contributed by atoms with van der Waals surface area (Å²) in [5.74, 6) is -0.115. The highest BCUT2D eigenvalue weighted by Crippen LogP contribution is 2.19. The van der Waals surface area contributed by atoms with E-state index in [2.05, 4.69) is 38.2 Å². The van der Waals surface area contributed by atoms with Crippen molar-refractivity contribution in [2.75, 3.05) is 10.6 Å². The first kappa shape index (κ1) is 15.4. The van der Waals surface area contributed by atoms with E-state index in [0.717, 1.165) is 14.8 Å². The Hall–Kier alpha value is -1.96. The number of hydrogen-bond acceptors (Lipinski definition) is 3. The molecule has 0 saturated carbocycles. The minimum absolute atomic E-state index is 0.228. The lowest BCUT2D eigenvalue weighted by Crippen LogP contribution is -2.14. The van der Waals surface area contributed by atoms with E-state index < -0.39 is 0 Å². The zero-order valence-electron chi connectivity index (χ0n) is 11.6. The summed E-state index contributed by atoms with van der Waals surface area (Å²) < 4.78 is 1.11. The third kappa shape index (κ3) is 4.25. The molecular formula is C15H14IN3O2. The molecule has 2 amide bonds. The first-order chi connectivity index (χ1) is 9.95. The van der Waals surface area contributed by atoms with Crippen LogP contribution in [0.15, 0.2) is 36.5 Å². The summed E-state index contributed by atoms with van der Waals surface area (Å²) in [7, 11) is 0. The van der Waals surface area contributed by atoms with Gasteiger partial charge in [-0.2, -0.15) is 0 Å². The monoisotopic (exact) mass is 395 g/mol. The van der Waals surface area contributed by atoms with Crippen molar-refractivity contribution >= 4 is 45.9 Å². The molecule has 21 heavy (non-hydrogen) atoms. The summed E-state index contributed by atoms with van der Waals surface area (Å²) in [4.78, 5) is 27.2. The van der Waals surface area contributed by atoms with Crippen LogP contribution in [-0.2, 0) is 4.79 Å². The predicted molar refractivity (Wildman–Crippen MR) is 90.4 cm³/mol. The highest BCUT2D eigenvalue weighted by atomic mass is 127. The van der Waals surface area contributed by atoms with Gasteiger partial charge in [-0.1, -0.05) is 0 Å². The Labute approximate surface area is 136 Å². The van der Waals surface area contributed by atoms with Gasteiger partial charge in [-0.05, 0) is 65.4 Å². The van der Waals surface area contributed by atoms with Gasteiger partial charge in [0.05, 0.1) is 0 Å². The van der Waals surface area contributed by atoms with Crippen molar-refractivity contribution in [3.63, 3.8) is 0 Å². The molecule has 0 bridgehead atoms. The minimum atomic E-state index is -0.242. The molecule has 1 aromatic heterocycles. The van der Waals surface area contributed by atoms with Crippen LogP contribution >= 0.6 is 22.6 Å². The second kappa shape index (κ2) is 6.66. The van der Waals surface area contributed by atoms with E-state index >= 15 is 0 Å². The van der Waals surface area contributed by atoms with Crippen molar-refractivity contribution in [1.29, 1.82) is 0 Å². The number of hydrogen-bond donors (Lipinski definition) is 2. The van der Waals surface area contributed by atoms with Crippen LogP contribution in [0.1, 0.15) is 22.8 Å². The molecule has 0 saturated heterocycles. The Morgan fingerprint density at radius 2 is 1.90 bits per heavy atom. The van der Waals surface area contributed by atoms with Crippen molar-refractivity contribution in [2.24, 2.45) is 0 Å². The maximum absolute atomic E-state index is 12.2. The van der Waals surface area contributed by atoms with Gasteiger partial charge in [-0.15, -0.1) is 0 Å². The fraction of sp³-hybridized carbons (Fsp3) is 0.133. The number of aryl methyl sites for hydroxylation is 1. The Morgan fingerprint density at radius 1 is 1.14 bits per heavy atom. The standard InChI is InChI=1S/C15H14IN3O2/c1-9-7-12(16)3-4-13(9)19-15(21)11-5-6-17-14(8-11)18-10(2)20/h3-8H,1-2H3,(H,19,21)(H,17,18,20). The molecule has 6 heteroatoms. The molecule has 0 fully saturated rings. The number of anilines is 2. The van der Waals surface area contributed by atoms with Crippen molar-refractivity contribution in [2.45, 2.75) is 13.8 Å². The molecule has 108 valence electrons. The lowest BCUT2D eigenvalue weighted by molar-refractivity contribution is -0.114. The lowest BCUT2D eigenvalue weighted by atomic mass is 10.2. The SMILES string of the molecule is CC(=O)Nc1cc(C(=O)Nc2ccc(I)cc2C)ccn1. The van der Waals surface area contributed by atoms with Crippen LogP contribution in [0.25, 0.3) is 0 Å². The van der Waals surface area contributed by atoms with Gasteiger partial charge in [0.15, 0.2) is 0 Å². The van der Waals surface area contributed by atoms with Crippen molar-refractivity contribution in [1.82, 2.24) is 4.98 Å². The van der Waals surface area contributed by atoms with Gasteiger partial charge in [0.25, 0.3) is 5.91 Å². The summed E-state index contributed by atoms with van der Waals surface area (Å²) in [6.45, 7) is 3.33. The number of nitrogens with zero attached hydrogens (tertiary/aromatic N) is 1. The number of amides is 2. The maximum atomic E-state index is 12.2. The van der Waals surface area contributed by atoms with E-state index in [0.29, 0.717) is 11.4 Å². The Morgan fingerprint density at radius 3 is 2.57 bits per heavy atom. The van der Waals surface area contributed by atoms with E-state index in [1.807, 2.05) is 25.1 Å². The number of rotatable bonds is 3. The van der Waals surface area contributed by atoms with Gasteiger partial charge < -0.3 is 10.6 Å². The van der Waals surface area contributed by atoms with Gasteiger partial charge in [0.1, 0.15) is 5.82 Å². The number of pyridine rings is 1. The highest BCUT2D eigenvalue weighted by Gasteiger charge is 2.09. The number of benzene rings is 1. The van der Waals surface area contributed by atoms with Gasteiger partial charge >= 0.3 is 0 Å². The van der Waals surface area contributed by atoms with Crippen LogP contribution in [0.5, 0.6) is 0 Å². The summed E-state index contributed by atoms with van der Waals surface area (Å²) in [6, 6.07) is 8.93. The van der Waals surface area contributed by atoms with E-state index in [4.69, 9.17) is 0 Å². The van der Waals surface area contributed by atoms with Crippen molar-refractivity contribution in [3.8, 4) is 0 Å². The largest absolute Gasteiger partial charge is 0.322 e. The molecule has 0 unspecified atom stereocenters. The van der Waals surface area contributed by atoms with E-state index in [1.165, 1.54) is 13.1 Å². The molecule has 1 heterocycles. The molecule has 0 aliphatic heterocycles. The normalized spacial score (nSPS) is 10.0. The summed E-state index contributed by atoms with van der Waals surface area (Å²) in [6.07, 6.45) is 1.49. The zero-order valence-corrected chi connectivity index (χ0v) is 13.8. The van der Waals surface area contributed by atoms with E-state index in [-0.39, 0.29) is 11.8 Å². The average Bonchev–Trinajstić information content (AvgIpc) is 2.41. The van der Waals surface area contributed by atoms with Crippen LogP contribution < -0.4 is 10.6 Å². The molecule has 2 rings (SSSR count). The number of carbonyl (C=O) groups excluding carboxylic acids is 2. The summed E-state index contributed by atoms with van der Waals surface area (Å²) in [5, 5.41) is 5.40. The quantitative estimate of drug-likeness (QED) is 0.785. The van der Waals surface area contributed by atoms with Crippen molar-refractivity contribution < 1.29 is 9.59 Å². The van der Waals surface area contributed by atoms with Gasteiger partial charge in [-0.3, -0.25) is 9.59 Å². The minimum Gasteiger partial charge on any atom is -0.322 e. The topological polar surface area (TPSA) is 71.1 Å². The van der Waals surface area contributed by atoms with Gasteiger partial charge in [0, 0.05) is 27.9 Å². The van der Waals surface area contributed by atoms with Crippen LogP contribution in [0.2, 0.25) is 0 Å². The zero-order chi connectivity index (χ0) is 15.4. The number of halogens is 1. The molecule has 5 nitrogen and oxygen atoms in total. The first-order valence-corrected chi connectivity index (χ1v) is 7.35. The van der Waals surface area contributed by atoms with Crippen LogP contribution in [0.4, 0.5) is 11.5 Å². The molecule has 2 N–H and O–H groups in total. The smallest absolute Gasteiger partial charge is 0.255 e. The third-order valence-corrected chi connectivity index (χ3v) is 3.43. The molecule has 0 aliphatic rings. The molecule has 0 aliphatic carbocycles. The first-order valence-electron chi connectivity index (χ1n) is 6.27. The van der Waals surface area contributed by atoms with Crippen LogP contribution in [-0.4, -0.2) is 16.8 Å². The Kier molecular flexibility index (Phi) is 4.89. The second-order valence-electron chi connectivity index (χ2n) is 4.52. The molecular weight excluding hydrogens is 381 g/mol. The van der Waals surface area contributed by atoms with E-state index in [9.17, 15) is 9.59 Å². The Bertz CT molecular complexity index is 701. The molecule has 0 spiro atoms.